The molecule has 0 N–H and O–H groups in total. The summed E-state index contributed by atoms with van der Waals surface area (Å²) in [7, 11) is 0.161. The molecule has 1 unspecified atom stereocenters. The second-order valence-corrected chi connectivity index (χ2v) is 4.66. The summed E-state index contributed by atoms with van der Waals surface area (Å²) in [6.45, 7) is 0. The van der Waals surface area contributed by atoms with Crippen LogP contribution in [0.2, 0.25) is 5.02 Å². The van der Waals surface area contributed by atoms with Crippen LogP contribution >= 0.6 is 11.6 Å². The summed E-state index contributed by atoms with van der Waals surface area (Å²) in [5, 5.41) is 0.791. The van der Waals surface area contributed by atoms with E-state index in [9.17, 15) is 0 Å². The Balaban J connectivity index is 2.61. The van der Waals surface area contributed by atoms with Gasteiger partial charge >= 0.3 is 0 Å². The summed E-state index contributed by atoms with van der Waals surface area (Å²) < 4.78 is 4.45. The van der Waals surface area contributed by atoms with Crippen LogP contribution in [-0.4, -0.2) is 6.26 Å². The molecule has 3 heteroatoms. The van der Waals surface area contributed by atoms with E-state index < -0.39 is 0 Å². The molecule has 1 aromatic carbocycles. The Kier molecular flexibility index (Phi) is 1.74. The Bertz CT molecular complexity index is 333. The van der Waals surface area contributed by atoms with Crippen LogP contribution in [-0.2, 0) is 16.4 Å². The van der Waals surface area contributed by atoms with Gasteiger partial charge in [0.2, 0.25) is 0 Å². The van der Waals surface area contributed by atoms with E-state index in [0.717, 1.165) is 16.5 Å². The summed E-state index contributed by atoms with van der Waals surface area (Å²) in [6.07, 6.45) is 2.14. The van der Waals surface area contributed by atoms with E-state index in [-0.39, 0.29) is 10.7 Å². The minimum absolute atomic E-state index is 0.161. The fourth-order valence-electron chi connectivity index (χ4n) is 1.19. The highest BCUT2D eigenvalue weighted by atomic mass is 35.5. The number of hydrogen-bond donors (Lipinski definition) is 0. The average Bonchev–Trinajstić information content (AvgIpc) is 2.31. The van der Waals surface area contributed by atoms with Gasteiger partial charge in [-0.25, -0.2) is 4.36 Å². The van der Waals surface area contributed by atoms with Crippen LogP contribution in [0, 0.1) is 0 Å². The lowest BCUT2D eigenvalue weighted by atomic mass is 10.2. The number of nitrogens with zero attached hydrogens (tertiary/aromatic N) is 1. The molecule has 1 aliphatic heterocycles. The monoisotopic (exact) mass is 185 g/mol. The van der Waals surface area contributed by atoms with Crippen molar-refractivity contribution in [2.45, 2.75) is 5.75 Å². The summed E-state index contributed by atoms with van der Waals surface area (Å²) in [5.74, 6) is 1.07. The van der Waals surface area contributed by atoms with E-state index in [1.807, 2.05) is 12.1 Å². The maximum atomic E-state index is 5.95. The van der Waals surface area contributed by atoms with Gasteiger partial charge in [0.15, 0.2) is 0 Å². The van der Waals surface area contributed by atoms with Crippen LogP contribution in [0.25, 0.3) is 0 Å². The molecule has 0 radical (unpaired) electrons. The van der Waals surface area contributed by atoms with Crippen molar-refractivity contribution in [3.05, 3.63) is 28.8 Å². The van der Waals surface area contributed by atoms with Crippen molar-refractivity contribution in [1.29, 1.82) is 0 Å². The van der Waals surface area contributed by atoms with Crippen LogP contribution in [0.3, 0.4) is 0 Å². The van der Waals surface area contributed by atoms with Crippen molar-refractivity contribution in [3.63, 3.8) is 0 Å². The van der Waals surface area contributed by atoms with Crippen LogP contribution in [0.1, 0.15) is 5.56 Å². The first kappa shape index (κ1) is 7.32. The fraction of sp³-hybridized carbons (Fsp3) is 0.250. The number of fused-ring (bicyclic) bond motifs is 1. The summed E-state index contributed by atoms with van der Waals surface area (Å²) in [4.78, 5) is 0. The lowest BCUT2D eigenvalue weighted by Gasteiger charge is -1.95. The minimum atomic E-state index is 0.161. The van der Waals surface area contributed by atoms with E-state index in [2.05, 4.69) is 16.7 Å². The smallest absolute Gasteiger partial charge is 0.0929 e. The van der Waals surface area contributed by atoms with Gasteiger partial charge < -0.3 is 0 Å². The lowest BCUT2D eigenvalue weighted by Crippen LogP contribution is -1.82. The van der Waals surface area contributed by atoms with Crippen molar-refractivity contribution in [1.82, 2.24) is 0 Å². The predicted molar refractivity (Wildman–Crippen MR) is 50.5 cm³/mol. The van der Waals surface area contributed by atoms with Crippen molar-refractivity contribution in [2.24, 2.45) is 4.36 Å². The van der Waals surface area contributed by atoms with Gasteiger partial charge in [0.05, 0.1) is 10.7 Å². The molecule has 0 spiro atoms. The van der Waals surface area contributed by atoms with Gasteiger partial charge in [-0.3, -0.25) is 0 Å². The highest BCUT2D eigenvalue weighted by molar-refractivity contribution is 7.86. The van der Waals surface area contributed by atoms with Gasteiger partial charge in [-0.1, -0.05) is 34.4 Å². The predicted octanol–water partition coefficient (Wildman–Crippen LogP) is 2.92. The second-order valence-electron chi connectivity index (χ2n) is 2.58. The highest BCUT2D eigenvalue weighted by Crippen LogP contribution is 2.34. The third kappa shape index (κ3) is 1.21. The molecule has 0 aliphatic carbocycles. The molecule has 1 nitrogen and oxygen atoms in total. The Morgan fingerprint density at radius 1 is 1.55 bits per heavy atom. The summed E-state index contributed by atoms with van der Waals surface area (Å²) in [6, 6.07) is 5.98. The number of benzene rings is 1. The molecule has 1 heterocycles. The molecule has 11 heavy (non-hydrogen) atoms. The lowest BCUT2D eigenvalue weighted by molar-refractivity contribution is 1.43. The van der Waals surface area contributed by atoms with E-state index in [1.54, 1.807) is 0 Å². The molecule has 0 saturated carbocycles. The molecular weight excluding hydrogens is 178 g/mol. The maximum Gasteiger partial charge on any atom is 0.0929 e. The number of rotatable bonds is 0. The molecule has 1 atom stereocenters. The van der Waals surface area contributed by atoms with Gasteiger partial charge in [0, 0.05) is 5.75 Å². The molecule has 1 aromatic rings. The third-order valence-electron chi connectivity index (χ3n) is 1.68. The first-order valence-electron chi connectivity index (χ1n) is 3.39. The minimum Gasteiger partial charge on any atom is -0.226 e. The number of hydrogen-bond acceptors (Lipinski definition) is 1. The molecule has 0 amide bonds. The Hall–Kier alpha value is -0.340. The van der Waals surface area contributed by atoms with E-state index in [4.69, 9.17) is 11.6 Å². The van der Waals surface area contributed by atoms with Gasteiger partial charge in [0.25, 0.3) is 0 Å². The fourth-order valence-corrected chi connectivity index (χ4v) is 2.75. The van der Waals surface area contributed by atoms with Crippen molar-refractivity contribution >= 4 is 28.0 Å². The Morgan fingerprint density at radius 2 is 2.36 bits per heavy atom. The van der Waals surface area contributed by atoms with Crippen molar-refractivity contribution < 1.29 is 0 Å². The van der Waals surface area contributed by atoms with Gasteiger partial charge in [-0.15, -0.1) is 0 Å². The normalized spacial score (nSPS) is 21.1. The zero-order chi connectivity index (χ0) is 7.84. The molecular formula is C8H8ClNS. The van der Waals surface area contributed by atoms with Crippen LogP contribution in [0.15, 0.2) is 22.6 Å². The van der Waals surface area contributed by atoms with Crippen LogP contribution in [0.5, 0.6) is 0 Å². The highest BCUT2D eigenvalue weighted by Gasteiger charge is 2.12. The van der Waals surface area contributed by atoms with E-state index >= 15 is 0 Å². The van der Waals surface area contributed by atoms with Gasteiger partial charge in [0.1, 0.15) is 0 Å². The molecule has 1 aliphatic rings. The van der Waals surface area contributed by atoms with Crippen LogP contribution in [0.4, 0.5) is 5.69 Å². The van der Waals surface area contributed by atoms with Gasteiger partial charge in [-0.05, 0) is 17.9 Å². The zero-order valence-corrected chi connectivity index (χ0v) is 7.75. The SMILES string of the molecule is CS1=Nc2c(Cl)cccc2C1. The van der Waals surface area contributed by atoms with E-state index in [0.29, 0.717) is 0 Å². The largest absolute Gasteiger partial charge is 0.226 e. The second kappa shape index (κ2) is 2.61. The summed E-state index contributed by atoms with van der Waals surface area (Å²) in [5.41, 5.74) is 2.31. The Labute approximate surface area is 73.5 Å². The molecule has 2 rings (SSSR count). The first-order chi connectivity index (χ1) is 5.27. The molecule has 0 fully saturated rings. The molecule has 0 aromatic heterocycles. The maximum absolute atomic E-state index is 5.95. The van der Waals surface area contributed by atoms with Crippen molar-refractivity contribution in [3.8, 4) is 0 Å². The Morgan fingerprint density at radius 3 is 3.09 bits per heavy atom. The summed E-state index contributed by atoms with van der Waals surface area (Å²) >= 11 is 5.95. The topological polar surface area (TPSA) is 12.4 Å². The molecule has 0 saturated heterocycles. The standard InChI is InChI=1S/C8H8ClNS/c1-11-5-6-3-2-4-7(9)8(6)10-11/h2-4H,5H2,1H3. The first-order valence-corrected chi connectivity index (χ1v) is 5.53. The third-order valence-corrected chi connectivity index (χ3v) is 3.21. The van der Waals surface area contributed by atoms with Crippen LogP contribution < -0.4 is 0 Å². The van der Waals surface area contributed by atoms with E-state index in [1.165, 1.54) is 5.56 Å². The molecule has 58 valence electrons. The average molecular weight is 186 g/mol. The zero-order valence-electron chi connectivity index (χ0n) is 6.17. The molecule has 0 bridgehead atoms. The van der Waals surface area contributed by atoms with Crippen molar-refractivity contribution in [2.75, 3.05) is 6.26 Å². The number of halogens is 1. The van der Waals surface area contributed by atoms with Gasteiger partial charge in [-0.2, -0.15) is 0 Å². The quantitative estimate of drug-likeness (QED) is 0.590.